The van der Waals surface area contributed by atoms with Crippen molar-refractivity contribution in [2.75, 3.05) is 0 Å². The number of ether oxygens (including phenoxy) is 1. The molecule has 0 bridgehead atoms. The van der Waals surface area contributed by atoms with Crippen molar-refractivity contribution in [3.05, 3.63) is 47.4 Å². The average molecular weight is 239 g/mol. The molecule has 0 fully saturated rings. The molecule has 2 rings (SSSR count). The Morgan fingerprint density at radius 2 is 2.06 bits per heavy atom. The smallest absolute Gasteiger partial charge is 0.191 e. The number of benzene rings is 1. The minimum atomic E-state index is -0.938. The molecule has 1 heterocycles. The Hall–Kier alpha value is -2.24. The van der Waals surface area contributed by atoms with Crippen molar-refractivity contribution in [2.45, 2.75) is 6.61 Å². The lowest BCUT2D eigenvalue weighted by atomic mass is 10.2. The van der Waals surface area contributed by atoms with E-state index < -0.39 is 17.4 Å². The molecule has 0 unspecified atom stereocenters. The Morgan fingerprint density at radius 1 is 1.35 bits per heavy atom. The zero-order valence-electron chi connectivity index (χ0n) is 8.52. The summed E-state index contributed by atoms with van der Waals surface area (Å²) in [7, 11) is 0. The van der Waals surface area contributed by atoms with Crippen LogP contribution in [0.2, 0.25) is 0 Å². The number of nitrogens with zero attached hydrogens (tertiary/aromatic N) is 1. The molecule has 0 saturated heterocycles. The van der Waals surface area contributed by atoms with Crippen molar-refractivity contribution in [1.82, 2.24) is 5.16 Å². The maximum atomic E-state index is 13.4. The first-order chi connectivity index (χ1) is 8.20. The Morgan fingerprint density at radius 3 is 2.59 bits per heavy atom. The van der Waals surface area contributed by atoms with E-state index in [4.69, 9.17) is 9.26 Å². The van der Waals surface area contributed by atoms with Crippen molar-refractivity contribution in [3.8, 4) is 5.75 Å². The van der Waals surface area contributed by atoms with Gasteiger partial charge in [0.25, 0.3) is 0 Å². The maximum absolute atomic E-state index is 13.4. The van der Waals surface area contributed by atoms with E-state index in [0.29, 0.717) is 12.0 Å². The van der Waals surface area contributed by atoms with Crippen LogP contribution in [0.1, 0.15) is 16.1 Å². The molecule has 0 saturated carbocycles. The van der Waals surface area contributed by atoms with Crippen LogP contribution in [0.15, 0.2) is 28.9 Å². The van der Waals surface area contributed by atoms with Crippen LogP contribution >= 0.6 is 0 Å². The van der Waals surface area contributed by atoms with E-state index in [9.17, 15) is 13.6 Å². The van der Waals surface area contributed by atoms with Crippen LogP contribution in [0, 0.1) is 11.6 Å². The van der Waals surface area contributed by atoms with Crippen molar-refractivity contribution in [1.29, 1.82) is 0 Å². The molecule has 0 amide bonds. The summed E-state index contributed by atoms with van der Waals surface area (Å²) in [6.45, 7) is -0.145. The number of hydrogen-bond acceptors (Lipinski definition) is 4. The Labute approximate surface area is 94.8 Å². The second-order valence-electron chi connectivity index (χ2n) is 3.20. The molecule has 1 aromatic carbocycles. The number of rotatable bonds is 4. The van der Waals surface area contributed by atoms with Gasteiger partial charge >= 0.3 is 0 Å². The second kappa shape index (κ2) is 4.73. The first-order valence-corrected chi connectivity index (χ1v) is 4.67. The quantitative estimate of drug-likeness (QED) is 0.768. The summed E-state index contributed by atoms with van der Waals surface area (Å²) in [4.78, 5) is 10.4. The Balaban J connectivity index is 2.18. The summed E-state index contributed by atoms with van der Waals surface area (Å²) in [5, 5.41) is 3.42. The van der Waals surface area contributed by atoms with E-state index in [1.807, 2.05) is 0 Å². The lowest BCUT2D eigenvalue weighted by Crippen LogP contribution is -2.00. The minimum absolute atomic E-state index is 0.0907. The fourth-order valence-electron chi connectivity index (χ4n) is 1.25. The molecule has 0 spiro atoms. The molecule has 2 aromatic rings. The zero-order valence-corrected chi connectivity index (χ0v) is 8.52. The Kier molecular flexibility index (Phi) is 3.13. The summed E-state index contributed by atoms with van der Waals surface area (Å²) in [6, 6.07) is 3.30. The summed E-state index contributed by atoms with van der Waals surface area (Å²) in [6.07, 6.45) is 1.74. The van der Waals surface area contributed by atoms with Crippen molar-refractivity contribution in [3.63, 3.8) is 0 Å². The third-order valence-electron chi connectivity index (χ3n) is 2.01. The van der Waals surface area contributed by atoms with Crippen molar-refractivity contribution < 1.29 is 22.8 Å². The highest BCUT2D eigenvalue weighted by molar-refractivity contribution is 5.75. The third-order valence-corrected chi connectivity index (χ3v) is 2.01. The van der Waals surface area contributed by atoms with Gasteiger partial charge in [-0.3, -0.25) is 4.79 Å². The summed E-state index contributed by atoms with van der Waals surface area (Å²) >= 11 is 0. The number of aromatic nitrogens is 1. The van der Waals surface area contributed by atoms with Gasteiger partial charge in [0.05, 0.1) is 6.20 Å². The highest BCUT2D eigenvalue weighted by Gasteiger charge is 2.13. The van der Waals surface area contributed by atoms with Gasteiger partial charge in [0.2, 0.25) is 0 Å². The van der Waals surface area contributed by atoms with Gasteiger partial charge in [0, 0.05) is 11.6 Å². The van der Waals surface area contributed by atoms with E-state index >= 15 is 0 Å². The van der Waals surface area contributed by atoms with Crippen LogP contribution in [-0.2, 0) is 6.61 Å². The number of hydrogen-bond donors (Lipinski definition) is 0. The average Bonchev–Trinajstić information content (AvgIpc) is 2.80. The number of aldehydes is 1. The molecule has 0 aliphatic heterocycles. The third kappa shape index (κ3) is 2.47. The van der Waals surface area contributed by atoms with Crippen LogP contribution in [0.4, 0.5) is 8.78 Å². The standard InChI is InChI=1S/C11H7F2NO3/c12-9-3-7(5-15)4-10(13)11(9)16-6-8-1-2-14-17-8/h1-5H,6H2. The predicted molar refractivity (Wildman–Crippen MR) is 52.6 cm³/mol. The van der Waals surface area contributed by atoms with Crippen molar-refractivity contribution >= 4 is 6.29 Å². The zero-order chi connectivity index (χ0) is 12.3. The molecular formula is C11H7F2NO3. The molecule has 0 atom stereocenters. The molecular weight excluding hydrogens is 232 g/mol. The first-order valence-electron chi connectivity index (χ1n) is 4.67. The summed E-state index contributed by atoms with van der Waals surface area (Å²) < 4.78 is 36.3. The fourth-order valence-corrected chi connectivity index (χ4v) is 1.25. The SMILES string of the molecule is O=Cc1cc(F)c(OCc2ccno2)c(F)c1. The predicted octanol–water partition coefficient (Wildman–Crippen LogP) is 2.34. The van der Waals surface area contributed by atoms with Gasteiger partial charge in [0.15, 0.2) is 23.1 Å². The van der Waals surface area contributed by atoms with Crippen molar-refractivity contribution in [2.24, 2.45) is 0 Å². The highest BCUT2D eigenvalue weighted by atomic mass is 19.1. The second-order valence-corrected chi connectivity index (χ2v) is 3.20. The van der Waals surface area contributed by atoms with E-state index in [2.05, 4.69) is 5.16 Å². The number of carbonyl (C=O) groups excluding carboxylic acids is 1. The minimum Gasteiger partial charge on any atom is -0.479 e. The van der Waals surface area contributed by atoms with Crippen LogP contribution < -0.4 is 4.74 Å². The van der Waals surface area contributed by atoms with Gasteiger partial charge in [0.1, 0.15) is 12.9 Å². The highest BCUT2D eigenvalue weighted by Crippen LogP contribution is 2.23. The van der Waals surface area contributed by atoms with Gasteiger partial charge in [-0.2, -0.15) is 0 Å². The van der Waals surface area contributed by atoms with Crippen LogP contribution in [0.5, 0.6) is 5.75 Å². The lowest BCUT2D eigenvalue weighted by Gasteiger charge is -2.06. The molecule has 88 valence electrons. The maximum Gasteiger partial charge on any atom is 0.191 e. The first kappa shape index (κ1) is 11.3. The van der Waals surface area contributed by atoms with Gasteiger partial charge in [-0.05, 0) is 12.1 Å². The fraction of sp³-hybridized carbons (Fsp3) is 0.0909. The largest absolute Gasteiger partial charge is 0.479 e. The molecule has 6 heteroatoms. The molecule has 0 radical (unpaired) electrons. The molecule has 17 heavy (non-hydrogen) atoms. The summed E-state index contributed by atoms with van der Waals surface area (Å²) in [5.41, 5.74) is -0.0907. The molecule has 1 aromatic heterocycles. The lowest BCUT2D eigenvalue weighted by molar-refractivity contribution is 0.112. The van der Waals surface area contributed by atoms with E-state index in [0.717, 1.165) is 12.1 Å². The van der Waals surface area contributed by atoms with Crippen LogP contribution in [-0.4, -0.2) is 11.4 Å². The van der Waals surface area contributed by atoms with Gasteiger partial charge in [-0.25, -0.2) is 8.78 Å². The monoisotopic (exact) mass is 239 g/mol. The number of carbonyl (C=O) groups is 1. The van der Waals surface area contributed by atoms with E-state index in [-0.39, 0.29) is 12.2 Å². The van der Waals surface area contributed by atoms with Gasteiger partial charge in [-0.15, -0.1) is 0 Å². The molecule has 0 aliphatic carbocycles. The van der Waals surface area contributed by atoms with Crippen LogP contribution in [0.3, 0.4) is 0 Å². The normalized spacial score (nSPS) is 10.2. The summed E-state index contributed by atoms with van der Waals surface area (Å²) in [5.74, 6) is -2.09. The van der Waals surface area contributed by atoms with Gasteiger partial charge in [-0.1, -0.05) is 5.16 Å². The molecule has 4 nitrogen and oxygen atoms in total. The Bertz CT molecular complexity index is 503. The van der Waals surface area contributed by atoms with Gasteiger partial charge < -0.3 is 9.26 Å². The van der Waals surface area contributed by atoms with Crippen LogP contribution in [0.25, 0.3) is 0 Å². The topological polar surface area (TPSA) is 52.3 Å². The van der Waals surface area contributed by atoms with E-state index in [1.54, 1.807) is 0 Å². The number of halogens is 2. The molecule has 0 aliphatic rings. The molecule has 0 N–H and O–H groups in total. The van der Waals surface area contributed by atoms with E-state index in [1.165, 1.54) is 12.3 Å².